The molecule has 1 N–H and O–H groups in total. The van der Waals surface area contributed by atoms with Crippen LogP contribution in [0.5, 0.6) is 0 Å². The van der Waals surface area contributed by atoms with Crippen LogP contribution in [0.2, 0.25) is 0 Å². The van der Waals surface area contributed by atoms with Crippen molar-refractivity contribution < 1.29 is 17.9 Å². The summed E-state index contributed by atoms with van der Waals surface area (Å²) in [5.74, 6) is 0. The smallest absolute Gasteiger partial charge is 0.365 e. The van der Waals surface area contributed by atoms with Crippen molar-refractivity contribution in [1.29, 1.82) is 0 Å². The number of ether oxygens (including phenoxy) is 1. The molecule has 0 bridgehead atoms. The van der Waals surface area contributed by atoms with Gasteiger partial charge < -0.3 is 10.1 Å². The van der Waals surface area contributed by atoms with E-state index in [4.69, 9.17) is 4.74 Å². The van der Waals surface area contributed by atoms with Gasteiger partial charge in [0.1, 0.15) is 0 Å². The lowest BCUT2D eigenvalue weighted by atomic mass is 10.2. The van der Waals surface area contributed by atoms with Gasteiger partial charge in [0.25, 0.3) is 0 Å². The molecule has 0 rings (SSSR count). The lowest BCUT2D eigenvalue weighted by molar-refractivity contribution is -0.226. The van der Waals surface area contributed by atoms with E-state index in [0.29, 0.717) is 13.0 Å². The zero-order valence-electron chi connectivity index (χ0n) is 8.82. The number of rotatable bonds is 6. The molecule has 0 aliphatic carbocycles. The third-order valence-electron chi connectivity index (χ3n) is 1.93. The summed E-state index contributed by atoms with van der Waals surface area (Å²) < 4.78 is 41.2. The second-order valence-electron chi connectivity index (χ2n) is 3.16. The summed E-state index contributed by atoms with van der Waals surface area (Å²) in [5.41, 5.74) is 0. The summed E-state index contributed by atoms with van der Waals surface area (Å²) in [7, 11) is 0. The third kappa shape index (κ3) is 5.44. The van der Waals surface area contributed by atoms with Gasteiger partial charge in [0.2, 0.25) is 0 Å². The van der Waals surface area contributed by atoms with E-state index in [2.05, 4.69) is 5.32 Å². The van der Waals surface area contributed by atoms with Crippen molar-refractivity contribution in [3.63, 3.8) is 0 Å². The van der Waals surface area contributed by atoms with Crippen molar-refractivity contribution in [3.8, 4) is 0 Å². The Morgan fingerprint density at radius 1 is 1.29 bits per heavy atom. The quantitative estimate of drug-likeness (QED) is 0.731. The van der Waals surface area contributed by atoms with Gasteiger partial charge in [0.05, 0.1) is 6.10 Å². The standard InChI is InChI=1S/C9H18F3NO/c1-4-8(6-13-5-2)14-7(3)9(10,11)12/h7-8,13H,4-6H2,1-3H3. The van der Waals surface area contributed by atoms with E-state index in [-0.39, 0.29) is 6.10 Å². The fraction of sp³-hybridized carbons (Fsp3) is 1.00. The van der Waals surface area contributed by atoms with Crippen LogP contribution in [-0.4, -0.2) is 31.5 Å². The fourth-order valence-electron chi connectivity index (χ4n) is 0.960. The zero-order valence-corrected chi connectivity index (χ0v) is 8.82. The van der Waals surface area contributed by atoms with Crippen molar-refractivity contribution in [3.05, 3.63) is 0 Å². The average molecular weight is 213 g/mol. The van der Waals surface area contributed by atoms with E-state index in [9.17, 15) is 13.2 Å². The molecule has 0 spiro atoms. The Balaban J connectivity index is 3.92. The van der Waals surface area contributed by atoms with Crippen LogP contribution in [-0.2, 0) is 4.74 Å². The number of hydrogen-bond acceptors (Lipinski definition) is 2. The van der Waals surface area contributed by atoms with Crippen LogP contribution in [0.15, 0.2) is 0 Å². The minimum atomic E-state index is -4.26. The summed E-state index contributed by atoms with van der Waals surface area (Å²) in [6.45, 7) is 5.95. The Kier molecular flexibility index (Phi) is 6.11. The maximum absolute atomic E-state index is 12.1. The Hall–Kier alpha value is -0.290. The maximum Gasteiger partial charge on any atom is 0.414 e. The molecule has 2 atom stereocenters. The Bertz CT molecular complexity index is 149. The molecule has 0 aromatic heterocycles. The molecule has 0 fully saturated rings. The first-order valence-corrected chi connectivity index (χ1v) is 4.84. The normalized spacial score (nSPS) is 16.7. The lowest BCUT2D eigenvalue weighted by Gasteiger charge is -2.23. The van der Waals surface area contributed by atoms with Crippen LogP contribution in [0.3, 0.4) is 0 Å². The number of hydrogen-bond donors (Lipinski definition) is 1. The molecule has 0 radical (unpaired) electrons. The molecule has 0 amide bonds. The van der Waals surface area contributed by atoms with E-state index < -0.39 is 12.3 Å². The molecule has 0 aliphatic heterocycles. The van der Waals surface area contributed by atoms with Crippen LogP contribution < -0.4 is 5.32 Å². The number of halogens is 3. The van der Waals surface area contributed by atoms with Crippen LogP contribution in [0, 0.1) is 0 Å². The molecule has 0 aromatic carbocycles. The van der Waals surface area contributed by atoms with Crippen molar-refractivity contribution in [2.75, 3.05) is 13.1 Å². The molecule has 2 unspecified atom stereocenters. The third-order valence-corrected chi connectivity index (χ3v) is 1.93. The summed E-state index contributed by atoms with van der Waals surface area (Å²) >= 11 is 0. The monoisotopic (exact) mass is 213 g/mol. The minimum Gasteiger partial charge on any atom is -0.365 e. The van der Waals surface area contributed by atoms with Crippen LogP contribution >= 0.6 is 0 Å². The SMILES string of the molecule is CCNCC(CC)OC(C)C(F)(F)F. The first kappa shape index (κ1) is 13.7. The highest BCUT2D eigenvalue weighted by molar-refractivity contribution is 4.66. The van der Waals surface area contributed by atoms with Gasteiger partial charge in [-0.05, 0) is 19.9 Å². The second kappa shape index (κ2) is 6.24. The fourth-order valence-corrected chi connectivity index (χ4v) is 0.960. The van der Waals surface area contributed by atoms with Crippen LogP contribution in [0.4, 0.5) is 13.2 Å². The molecule has 2 nitrogen and oxygen atoms in total. The second-order valence-corrected chi connectivity index (χ2v) is 3.16. The molecule has 0 saturated carbocycles. The summed E-state index contributed by atoms with van der Waals surface area (Å²) in [6.07, 6.45) is -5.75. The number of nitrogens with one attached hydrogen (secondary N) is 1. The van der Waals surface area contributed by atoms with Gasteiger partial charge in [-0.1, -0.05) is 13.8 Å². The van der Waals surface area contributed by atoms with Crippen LogP contribution in [0.25, 0.3) is 0 Å². The van der Waals surface area contributed by atoms with Gasteiger partial charge in [0, 0.05) is 6.54 Å². The molecule has 14 heavy (non-hydrogen) atoms. The van der Waals surface area contributed by atoms with Crippen LogP contribution in [0.1, 0.15) is 27.2 Å². The average Bonchev–Trinajstić information content (AvgIpc) is 2.10. The van der Waals surface area contributed by atoms with Gasteiger partial charge >= 0.3 is 6.18 Å². The highest BCUT2D eigenvalue weighted by atomic mass is 19.4. The van der Waals surface area contributed by atoms with Gasteiger partial charge in [0.15, 0.2) is 6.10 Å². The van der Waals surface area contributed by atoms with E-state index >= 15 is 0 Å². The van der Waals surface area contributed by atoms with E-state index in [1.807, 2.05) is 13.8 Å². The Morgan fingerprint density at radius 3 is 2.21 bits per heavy atom. The maximum atomic E-state index is 12.1. The van der Waals surface area contributed by atoms with E-state index in [0.717, 1.165) is 13.5 Å². The van der Waals surface area contributed by atoms with Crippen molar-refractivity contribution in [2.45, 2.75) is 45.6 Å². The number of likely N-dealkylation sites (N-methyl/N-ethyl adjacent to an activating group) is 1. The molecule has 0 heterocycles. The van der Waals surface area contributed by atoms with Gasteiger partial charge in [-0.25, -0.2) is 0 Å². The summed E-state index contributed by atoms with van der Waals surface area (Å²) in [6, 6.07) is 0. The first-order valence-electron chi connectivity index (χ1n) is 4.84. The predicted octanol–water partition coefficient (Wildman–Crippen LogP) is 2.34. The van der Waals surface area contributed by atoms with E-state index in [1.54, 1.807) is 0 Å². The molecule has 0 aromatic rings. The topological polar surface area (TPSA) is 21.3 Å². The van der Waals surface area contributed by atoms with Gasteiger partial charge in [-0.3, -0.25) is 0 Å². The van der Waals surface area contributed by atoms with Crippen molar-refractivity contribution in [2.24, 2.45) is 0 Å². The van der Waals surface area contributed by atoms with Gasteiger partial charge in [-0.2, -0.15) is 13.2 Å². The number of alkyl halides is 3. The Labute approximate surface area is 82.8 Å². The predicted molar refractivity (Wildman–Crippen MR) is 49.2 cm³/mol. The molecule has 5 heteroatoms. The molecule has 0 aliphatic rings. The zero-order chi connectivity index (χ0) is 11.2. The molecular formula is C9H18F3NO. The highest BCUT2D eigenvalue weighted by Crippen LogP contribution is 2.23. The molecule has 86 valence electrons. The van der Waals surface area contributed by atoms with Crippen molar-refractivity contribution >= 4 is 0 Å². The largest absolute Gasteiger partial charge is 0.414 e. The summed E-state index contributed by atoms with van der Waals surface area (Å²) in [4.78, 5) is 0. The summed E-state index contributed by atoms with van der Waals surface area (Å²) in [5, 5.41) is 2.96. The first-order chi connectivity index (χ1) is 6.41. The lowest BCUT2D eigenvalue weighted by Crippen LogP contribution is -2.37. The minimum absolute atomic E-state index is 0.369. The molecular weight excluding hydrogens is 195 g/mol. The van der Waals surface area contributed by atoms with Gasteiger partial charge in [-0.15, -0.1) is 0 Å². The Morgan fingerprint density at radius 2 is 1.86 bits per heavy atom. The van der Waals surface area contributed by atoms with Crippen molar-refractivity contribution in [1.82, 2.24) is 5.32 Å². The van der Waals surface area contributed by atoms with E-state index in [1.165, 1.54) is 0 Å². The molecule has 0 saturated heterocycles. The highest BCUT2D eigenvalue weighted by Gasteiger charge is 2.38.